The molecule has 0 fully saturated rings. The molecular formula is C11H28N4. The second-order valence-corrected chi connectivity index (χ2v) is 5.51. The van der Waals surface area contributed by atoms with E-state index in [0.29, 0.717) is 0 Å². The Hall–Kier alpha value is -0.160. The molecule has 0 atom stereocenters. The summed E-state index contributed by atoms with van der Waals surface area (Å²) in [4.78, 5) is 4.35. The van der Waals surface area contributed by atoms with Crippen LogP contribution in [-0.4, -0.2) is 61.4 Å². The van der Waals surface area contributed by atoms with Gasteiger partial charge in [-0.05, 0) is 55.9 Å². The maximum Gasteiger partial charge on any atom is 0.0806 e. The summed E-state index contributed by atoms with van der Waals surface area (Å²) in [5.41, 5.74) is 3.42. The first-order valence-electron chi connectivity index (χ1n) is 5.38. The smallest absolute Gasteiger partial charge is 0.0806 e. The highest BCUT2D eigenvalue weighted by molar-refractivity contribution is 4.79. The highest BCUT2D eigenvalue weighted by Crippen LogP contribution is 2.15. The molecule has 0 aliphatic carbocycles. The van der Waals surface area contributed by atoms with Crippen LogP contribution in [0.3, 0.4) is 0 Å². The highest BCUT2D eigenvalue weighted by atomic mass is 15.6. The third kappa shape index (κ3) is 3.72. The number of hydrogen-bond donors (Lipinski definition) is 1. The summed E-state index contributed by atoms with van der Waals surface area (Å²) in [7, 11) is 10.4. The van der Waals surface area contributed by atoms with Gasteiger partial charge in [0.05, 0.1) is 11.3 Å². The fraction of sp³-hybridized carbons (Fsp3) is 1.00. The number of nitrogens with one attached hydrogen (secondary N) is 1. The summed E-state index contributed by atoms with van der Waals surface area (Å²) in [5, 5.41) is 2.15. The number of hydrazine groups is 1. The molecule has 0 aliphatic heterocycles. The van der Waals surface area contributed by atoms with Gasteiger partial charge in [-0.3, -0.25) is 9.80 Å². The second kappa shape index (κ2) is 4.78. The molecule has 4 nitrogen and oxygen atoms in total. The van der Waals surface area contributed by atoms with Gasteiger partial charge in [0.15, 0.2) is 0 Å². The predicted molar refractivity (Wildman–Crippen MR) is 66.4 cm³/mol. The van der Waals surface area contributed by atoms with Gasteiger partial charge in [-0.15, -0.1) is 0 Å². The maximum absolute atomic E-state index is 3.49. The van der Waals surface area contributed by atoms with Crippen molar-refractivity contribution in [1.29, 1.82) is 0 Å². The molecule has 0 aromatic rings. The topological polar surface area (TPSA) is 21.8 Å². The molecule has 0 spiro atoms. The van der Waals surface area contributed by atoms with E-state index in [-0.39, 0.29) is 11.3 Å². The molecule has 4 heteroatoms. The van der Waals surface area contributed by atoms with Gasteiger partial charge in [0.2, 0.25) is 0 Å². The standard InChI is InChI=1S/C11H28N4/c1-10(2,13(5)6)12-15(9)11(3,4)14(7)8/h12H,1-9H3. The number of rotatable bonds is 5. The first kappa shape index (κ1) is 14.8. The lowest BCUT2D eigenvalue weighted by Crippen LogP contribution is -2.65. The van der Waals surface area contributed by atoms with Crippen LogP contribution in [0.4, 0.5) is 0 Å². The van der Waals surface area contributed by atoms with Crippen LogP contribution in [0.5, 0.6) is 0 Å². The first-order chi connectivity index (χ1) is 6.51. The van der Waals surface area contributed by atoms with E-state index in [4.69, 9.17) is 0 Å². The Morgan fingerprint density at radius 1 is 0.733 bits per heavy atom. The lowest BCUT2D eigenvalue weighted by atomic mass is 10.2. The molecule has 0 radical (unpaired) electrons. The summed E-state index contributed by atoms with van der Waals surface area (Å²) < 4.78 is 0. The van der Waals surface area contributed by atoms with Gasteiger partial charge >= 0.3 is 0 Å². The molecule has 0 heterocycles. The van der Waals surface area contributed by atoms with Gasteiger partial charge in [0, 0.05) is 7.05 Å². The summed E-state index contributed by atoms with van der Waals surface area (Å²) in [5.74, 6) is 0. The molecule has 0 unspecified atom stereocenters. The largest absolute Gasteiger partial charge is 0.291 e. The minimum Gasteiger partial charge on any atom is -0.291 e. The van der Waals surface area contributed by atoms with E-state index in [9.17, 15) is 0 Å². The Kier molecular flexibility index (Phi) is 4.73. The fourth-order valence-corrected chi connectivity index (χ4v) is 0.947. The van der Waals surface area contributed by atoms with E-state index in [2.05, 4.69) is 83.2 Å². The van der Waals surface area contributed by atoms with E-state index in [1.165, 1.54) is 0 Å². The lowest BCUT2D eigenvalue weighted by Gasteiger charge is -2.46. The lowest BCUT2D eigenvalue weighted by molar-refractivity contribution is -0.0681. The Labute approximate surface area is 95.2 Å². The van der Waals surface area contributed by atoms with Crippen LogP contribution in [0.2, 0.25) is 0 Å². The normalized spacial score (nSPS) is 14.4. The van der Waals surface area contributed by atoms with Crippen molar-refractivity contribution in [2.24, 2.45) is 0 Å². The van der Waals surface area contributed by atoms with Crippen LogP contribution < -0.4 is 5.43 Å². The first-order valence-corrected chi connectivity index (χ1v) is 5.38. The van der Waals surface area contributed by atoms with Crippen molar-refractivity contribution in [2.75, 3.05) is 35.2 Å². The zero-order valence-electron chi connectivity index (χ0n) is 11.8. The van der Waals surface area contributed by atoms with E-state index in [1.807, 2.05) is 0 Å². The van der Waals surface area contributed by atoms with Crippen LogP contribution in [0.25, 0.3) is 0 Å². The van der Waals surface area contributed by atoms with Crippen molar-refractivity contribution in [3.05, 3.63) is 0 Å². The Balaban J connectivity index is 4.56. The molecule has 0 aromatic heterocycles. The van der Waals surface area contributed by atoms with Crippen LogP contribution in [0, 0.1) is 0 Å². The molecule has 0 aliphatic rings. The van der Waals surface area contributed by atoms with Crippen molar-refractivity contribution in [3.63, 3.8) is 0 Å². The molecule has 1 N–H and O–H groups in total. The summed E-state index contributed by atoms with van der Waals surface area (Å²) in [6, 6.07) is 0. The zero-order valence-corrected chi connectivity index (χ0v) is 11.8. The summed E-state index contributed by atoms with van der Waals surface area (Å²) in [6.45, 7) is 8.70. The van der Waals surface area contributed by atoms with Gasteiger partial charge in [0.1, 0.15) is 0 Å². The van der Waals surface area contributed by atoms with E-state index < -0.39 is 0 Å². The predicted octanol–water partition coefficient (Wildman–Crippen LogP) is 1.02. The van der Waals surface area contributed by atoms with E-state index >= 15 is 0 Å². The summed E-state index contributed by atoms with van der Waals surface area (Å²) in [6.07, 6.45) is 0. The maximum atomic E-state index is 3.49. The zero-order chi connectivity index (χ0) is 12.4. The van der Waals surface area contributed by atoms with Gasteiger partial charge in [-0.25, -0.2) is 10.4 Å². The van der Waals surface area contributed by atoms with Crippen molar-refractivity contribution in [3.8, 4) is 0 Å². The monoisotopic (exact) mass is 216 g/mol. The summed E-state index contributed by atoms with van der Waals surface area (Å²) >= 11 is 0. The number of hydrogen-bond acceptors (Lipinski definition) is 4. The third-order valence-corrected chi connectivity index (χ3v) is 3.47. The quantitative estimate of drug-likeness (QED) is 0.547. The third-order valence-electron chi connectivity index (χ3n) is 3.47. The van der Waals surface area contributed by atoms with Crippen molar-refractivity contribution >= 4 is 0 Å². The van der Waals surface area contributed by atoms with Gasteiger partial charge in [0.25, 0.3) is 0 Å². The Bertz CT molecular complexity index is 197. The van der Waals surface area contributed by atoms with Crippen molar-refractivity contribution in [2.45, 2.75) is 39.0 Å². The van der Waals surface area contributed by atoms with Crippen LogP contribution >= 0.6 is 0 Å². The average Bonchev–Trinajstić information content (AvgIpc) is 2.02. The number of nitrogens with zero attached hydrogens (tertiary/aromatic N) is 3. The van der Waals surface area contributed by atoms with Gasteiger partial charge in [-0.1, -0.05) is 0 Å². The second-order valence-electron chi connectivity index (χ2n) is 5.51. The van der Waals surface area contributed by atoms with Crippen molar-refractivity contribution < 1.29 is 0 Å². The SMILES string of the molecule is CN(C)C(C)(C)NN(C)C(C)(C)N(C)C. The Morgan fingerprint density at radius 3 is 1.40 bits per heavy atom. The van der Waals surface area contributed by atoms with E-state index in [0.717, 1.165) is 0 Å². The molecule has 15 heavy (non-hydrogen) atoms. The molecule has 0 amide bonds. The minimum absolute atomic E-state index is 0.0206. The van der Waals surface area contributed by atoms with Gasteiger partial charge in [-0.2, -0.15) is 0 Å². The fourth-order valence-electron chi connectivity index (χ4n) is 0.947. The van der Waals surface area contributed by atoms with Crippen LogP contribution in [0.1, 0.15) is 27.7 Å². The molecule has 0 bridgehead atoms. The molecule has 92 valence electrons. The Morgan fingerprint density at radius 2 is 1.13 bits per heavy atom. The molecule has 0 saturated heterocycles. The van der Waals surface area contributed by atoms with Crippen molar-refractivity contribution in [1.82, 2.24) is 20.2 Å². The molecule has 0 rings (SSSR count). The molecule has 0 saturated carbocycles. The average molecular weight is 216 g/mol. The minimum atomic E-state index is -0.0535. The van der Waals surface area contributed by atoms with Gasteiger partial charge < -0.3 is 0 Å². The molecular weight excluding hydrogens is 188 g/mol. The van der Waals surface area contributed by atoms with E-state index in [1.54, 1.807) is 0 Å². The van der Waals surface area contributed by atoms with Crippen LogP contribution in [0.15, 0.2) is 0 Å². The molecule has 0 aromatic carbocycles. The highest BCUT2D eigenvalue weighted by Gasteiger charge is 2.31. The van der Waals surface area contributed by atoms with Crippen LogP contribution in [-0.2, 0) is 0 Å².